The number of amides is 1. The fourth-order valence-corrected chi connectivity index (χ4v) is 4.91. The second-order valence-corrected chi connectivity index (χ2v) is 8.98. The first-order chi connectivity index (χ1) is 14.3. The number of aliphatic hydroxyl groups is 1. The summed E-state index contributed by atoms with van der Waals surface area (Å²) in [6, 6.07) is 8.53. The van der Waals surface area contributed by atoms with E-state index in [1.54, 1.807) is 12.1 Å². The van der Waals surface area contributed by atoms with Gasteiger partial charge in [-0.1, -0.05) is 23.2 Å². The Morgan fingerprint density at radius 2 is 1.93 bits per heavy atom. The lowest BCUT2D eigenvalue weighted by atomic mass is 9.90. The van der Waals surface area contributed by atoms with E-state index in [4.69, 9.17) is 23.2 Å². The van der Waals surface area contributed by atoms with Crippen LogP contribution in [0, 0.1) is 5.82 Å². The minimum Gasteiger partial charge on any atom is -0.388 e. The highest BCUT2D eigenvalue weighted by molar-refractivity contribution is 6.36. The zero-order valence-electron chi connectivity index (χ0n) is 16.7. The maximum Gasteiger partial charge on any atom is 0.224 e. The first-order valence-electron chi connectivity index (χ1n) is 10.0. The van der Waals surface area contributed by atoms with Crippen LogP contribution in [0.4, 0.5) is 21.5 Å². The minimum atomic E-state index is -0.872. The molecule has 2 aliphatic heterocycles. The summed E-state index contributed by atoms with van der Waals surface area (Å²) in [5, 5.41) is 15.1. The molecule has 1 amide bonds. The van der Waals surface area contributed by atoms with Crippen LogP contribution in [0.25, 0.3) is 0 Å². The van der Waals surface area contributed by atoms with Crippen LogP contribution in [0.15, 0.2) is 30.3 Å². The Hall–Kier alpha value is -2.02. The van der Waals surface area contributed by atoms with Crippen molar-refractivity contribution in [2.24, 2.45) is 0 Å². The van der Waals surface area contributed by atoms with Crippen molar-refractivity contribution >= 4 is 46.2 Å². The number of carbonyl (C=O) groups excluding carboxylic acids is 1. The maximum atomic E-state index is 14.2. The molecule has 0 unspecified atom stereocenters. The van der Waals surface area contributed by atoms with Crippen LogP contribution in [0.5, 0.6) is 0 Å². The van der Waals surface area contributed by atoms with Gasteiger partial charge in [0.25, 0.3) is 0 Å². The van der Waals surface area contributed by atoms with E-state index < -0.39 is 11.4 Å². The number of piperidine rings is 1. The molecule has 0 radical (unpaired) electrons. The van der Waals surface area contributed by atoms with Gasteiger partial charge in [-0.25, -0.2) is 4.39 Å². The van der Waals surface area contributed by atoms with Crippen molar-refractivity contribution in [2.75, 3.05) is 41.8 Å². The number of anilines is 3. The SMILES string of the molecule is CN(CC1(O)CCN(c2ccc(Cl)cc2Cl)CC1)c1ccc(F)c2c1CCC(=O)N2. The smallest absolute Gasteiger partial charge is 0.224 e. The molecular formula is C22H24Cl2FN3O2. The highest BCUT2D eigenvalue weighted by Crippen LogP contribution is 2.36. The third-order valence-electron chi connectivity index (χ3n) is 5.99. The van der Waals surface area contributed by atoms with Crippen molar-refractivity contribution in [2.45, 2.75) is 31.3 Å². The summed E-state index contributed by atoms with van der Waals surface area (Å²) in [6.45, 7) is 1.76. The van der Waals surface area contributed by atoms with Gasteiger partial charge in [0.1, 0.15) is 5.82 Å². The molecule has 1 fully saturated rings. The van der Waals surface area contributed by atoms with Gasteiger partial charge in [0.15, 0.2) is 0 Å². The molecule has 2 aromatic carbocycles. The van der Waals surface area contributed by atoms with E-state index in [2.05, 4.69) is 10.2 Å². The summed E-state index contributed by atoms with van der Waals surface area (Å²) in [6.07, 6.45) is 1.98. The predicted octanol–water partition coefficient (Wildman–Crippen LogP) is 4.48. The van der Waals surface area contributed by atoms with Crippen molar-refractivity contribution < 1.29 is 14.3 Å². The molecule has 0 aromatic heterocycles. The molecule has 0 atom stereocenters. The van der Waals surface area contributed by atoms with Crippen LogP contribution < -0.4 is 15.1 Å². The van der Waals surface area contributed by atoms with Gasteiger partial charge in [-0.15, -0.1) is 0 Å². The molecule has 8 heteroatoms. The number of nitrogens with zero attached hydrogens (tertiary/aromatic N) is 2. The van der Waals surface area contributed by atoms with Crippen LogP contribution in [0.3, 0.4) is 0 Å². The number of hydrogen-bond donors (Lipinski definition) is 2. The Bertz CT molecular complexity index is 977. The second-order valence-electron chi connectivity index (χ2n) is 8.13. The van der Waals surface area contributed by atoms with E-state index in [9.17, 15) is 14.3 Å². The van der Waals surface area contributed by atoms with Crippen molar-refractivity contribution in [1.29, 1.82) is 0 Å². The number of halogens is 3. The summed E-state index contributed by atoms with van der Waals surface area (Å²) < 4.78 is 14.2. The zero-order chi connectivity index (χ0) is 21.5. The van der Waals surface area contributed by atoms with E-state index in [1.165, 1.54) is 6.07 Å². The van der Waals surface area contributed by atoms with Crippen molar-refractivity contribution in [3.05, 3.63) is 51.8 Å². The molecule has 30 heavy (non-hydrogen) atoms. The third kappa shape index (κ3) is 4.22. The number of carbonyl (C=O) groups is 1. The highest BCUT2D eigenvalue weighted by atomic mass is 35.5. The van der Waals surface area contributed by atoms with E-state index in [0.717, 1.165) is 16.9 Å². The Balaban J connectivity index is 1.46. The monoisotopic (exact) mass is 451 g/mol. The van der Waals surface area contributed by atoms with Gasteiger partial charge in [0, 0.05) is 49.4 Å². The van der Waals surface area contributed by atoms with Crippen molar-refractivity contribution in [1.82, 2.24) is 0 Å². The van der Waals surface area contributed by atoms with E-state index in [1.807, 2.05) is 24.1 Å². The highest BCUT2D eigenvalue weighted by Gasteiger charge is 2.35. The topological polar surface area (TPSA) is 55.8 Å². The number of likely N-dealkylation sites (N-methyl/N-ethyl adjacent to an activating group) is 1. The van der Waals surface area contributed by atoms with Crippen LogP contribution in [-0.4, -0.2) is 43.3 Å². The quantitative estimate of drug-likeness (QED) is 0.718. The number of fused-ring (bicyclic) bond motifs is 1. The van der Waals surface area contributed by atoms with E-state index in [-0.39, 0.29) is 11.6 Å². The van der Waals surface area contributed by atoms with Crippen molar-refractivity contribution in [3.8, 4) is 0 Å². The first kappa shape index (κ1) is 21.2. The Kier molecular flexibility index (Phi) is 5.84. The lowest BCUT2D eigenvalue weighted by Crippen LogP contribution is -2.50. The van der Waals surface area contributed by atoms with Crippen LogP contribution in [-0.2, 0) is 11.2 Å². The van der Waals surface area contributed by atoms with Gasteiger partial charge in [0.05, 0.1) is 22.0 Å². The molecule has 0 aliphatic carbocycles. The molecule has 1 saturated heterocycles. The summed E-state index contributed by atoms with van der Waals surface area (Å²) in [5.41, 5.74) is 1.92. The minimum absolute atomic E-state index is 0.173. The predicted molar refractivity (Wildman–Crippen MR) is 119 cm³/mol. The number of hydrogen-bond acceptors (Lipinski definition) is 4. The van der Waals surface area contributed by atoms with Gasteiger partial charge in [-0.2, -0.15) is 0 Å². The summed E-state index contributed by atoms with van der Waals surface area (Å²) in [4.78, 5) is 15.8. The number of nitrogens with one attached hydrogen (secondary N) is 1. The van der Waals surface area contributed by atoms with Gasteiger partial charge >= 0.3 is 0 Å². The van der Waals surface area contributed by atoms with E-state index >= 15 is 0 Å². The van der Waals surface area contributed by atoms with E-state index in [0.29, 0.717) is 55.4 Å². The average Bonchev–Trinajstić information content (AvgIpc) is 2.69. The van der Waals surface area contributed by atoms with Gasteiger partial charge in [-0.3, -0.25) is 4.79 Å². The molecule has 2 heterocycles. The summed E-state index contributed by atoms with van der Waals surface area (Å²) in [7, 11) is 1.89. The van der Waals surface area contributed by atoms with Crippen LogP contribution in [0.1, 0.15) is 24.8 Å². The fraction of sp³-hybridized carbons (Fsp3) is 0.409. The summed E-state index contributed by atoms with van der Waals surface area (Å²) in [5.74, 6) is -0.602. The molecule has 2 aromatic rings. The number of benzene rings is 2. The average molecular weight is 452 g/mol. The third-order valence-corrected chi connectivity index (χ3v) is 6.53. The molecule has 0 saturated carbocycles. The second kappa shape index (κ2) is 8.25. The molecule has 160 valence electrons. The van der Waals surface area contributed by atoms with Gasteiger partial charge in [-0.05, 0) is 49.6 Å². The van der Waals surface area contributed by atoms with Gasteiger partial charge < -0.3 is 20.2 Å². The zero-order valence-corrected chi connectivity index (χ0v) is 18.2. The molecular weight excluding hydrogens is 428 g/mol. The largest absolute Gasteiger partial charge is 0.388 e. The fourth-order valence-electron chi connectivity index (χ4n) is 4.38. The van der Waals surface area contributed by atoms with Crippen LogP contribution >= 0.6 is 23.2 Å². The molecule has 5 nitrogen and oxygen atoms in total. The molecule has 2 N–H and O–H groups in total. The van der Waals surface area contributed by atoms with Crippen molar-refractivity contribution in [3.63, 3.8) is 0 Å². The number of rotatable bonds is 4. The Morgan fingerprint density at radius 3 is 2.63 bits per heavy atom. The molecule has 2 aliphatic rings. The standard InChI is InChI=1S/C22H24Cl2FN3O2/c1-27(18-6-4-17(25)21-15(18)3-7-20(29)26-21)13-22(30)8-10-28(11-9-22)19-5-2-14(23)12-16(19)24/h2,4-6,12,30H,3,7-11,13H2,1H3,(H,26,29). The molecule has 0 spiro atoms. The maximum absolute atomic E-state index is 14.2. The van der Waals surface area contributed by atoms with Gasteiger partial charge in [0.2, 0.25) is 5.91 Å². The normalized spacial score (nSPS) is 18.0. The lowest BCUT2D eigenvalue weighted by molar-refractivity contribution is -0.116. The Morgan fingerprint density at radius 1 is 1.20 bits per heavy atom. The lowest BCUT2D eigenvalue weighted by Gasteiger charge is -2.42. The Labute approximate surface area is 185 Å². The summed E-state index contributed by atoms with van der Waals surface area (Å²) >= 11 is 12.3. The molecule has 4 rings (SSSR count). The first-order valence-corrected chi connectivity index (χ1v) is 10.8. The van der Waals surface area contributed by atoms with Crippen LogP contribution in [0.2, 0.25) is 10.0 Å². The molecule has 0 bridgehead atoms.